The number of thioether (sulfide) groups is 1. The minimum absolute atomic E-state index is 0.0472. The van der Waals surface area contributed by atoms with Gasteiger partial charge in [-0.05, 0) is 35.8 Å². The molecule has 0 aliphatic carbocycles. The second kappa shape index (κ2) is 7.56. The zero-order valence-electron chi connectivity index (χ0n) is 11.2. The van der Waals surface area contributed by atoms with Crippen LogP contribution in [-0.4, -0.2) is 24.0 Å². The Morgan fingerprint density at radius 2 is 2.21 bits per heavy atom. The second-order valence-corrected chi connectivity index (χ2v) is 6.24. The van der Waals surface area contributed by atoms with Crippen LogP contribution < -0.4 is 11.1 Å². The van der Waals surface area contributed by atoms with Gasteiger partial charge in [0.15, 0.2) is 0 Å². The van der Waals surface area contributed by atoms with Gasteiger partial charge in [-0.3, -0.25) is 4.79 Å². The SMILES string of the molecule is NC(CCC(=O)NCC1CCSC1)c1ccccc1. The number of hydrogen-bond acceptors (Lipinski definition) is 3. The Hall–Kier alpha value is -1.00. The summed E-state index contributed by atoms with van der Waals surface area (Å²) in [5, 5.41) is 3.02. The maximum atomic E-state index is 11.8. The molecule has 2 atom stereocenters. The molecular weight excluding hydrogens is 256 g/mol. The number of nitrogens with two attached hydrogens (primary N) is 1. The van der Waals surface area contributed by atoms with E-state index in [2.05, 4.69) is 5.32 Å². The maximum Gasteiger partial charge on any atom is 0.220 e. The highest BCUT2D eigenvalue weighted by Gasteiger charge is 2.16. The summed E-state index contributed by atoms with van der Waals surface area (Å²) in [5.41, 5.74) is 7.18. The third-order valence-corrected chi connectivity index (χ3v) is 4.75. The van der Waals surface area contributed by atoms with E-state index in [1.807, 2.05) is 42.1 Å². The van der Waals surface area contributed by atoms with Gasteiger partial charge in [0.1, 0.15) is 0 Å². The Labute approximate surface area is 119 Å². The summed E-state index contributed by atoms with van der Waals surface area (Å²) in [7, 11) is 0. The monoisotopic (exact) mass is 278 g/mol. The van der Waals surface area contributed by atoms with Gasteiger partial charge in [-0.15, -0.1) is 0 Å². The number of hydrogen-bond donors (Lipinski definition) is 2. The average Bonchev–Trinajstić information content (AvgIpc) is 2.96. The lowest BCUT2D eigenvalue weighted by Crippen LogP contribution is -2.29. The van der Waals surface area contributed by atoms with Crippen molar-refractivity contribution in [3.05, 3.63) is 35.9 Å². The van der Waals surface area contributed by atoms with Gasteiger partial charge >= 0.3 is 0 Å². The Balaban J connectivity index is 1.65. The summed E-state index contributed by atoms with van der Waals surface area (Å²) < 4.78 is 0. The summed E-state index contributed by atoms with van der Waals surface area (Å²) in [6.07, 6.45) is 2.44. The van der Waals surface area contributed by atoms with Gasteiger partial charge in [0.2, 0.25) is 5.91 Å². The summed E-state index contributed by atoms with van der Waals surface area (Å²) >= 11 is 1.98. The molecule has 19 heavy (non-hydrogen) atoms. The van der Waals surface area contributed by atoms with Crippen molar-refractivity contribution in [2.45, 2.75) is 25.3 Å². The first-order valence-electron chi connectivity index (χ1n) is 6.90. The highest BCUT2D eigenvalue weighted by molar-refractivity contribution is 7.99. The van der Waals surface area contributed by atoms with Crippen LogP contribution >= 0.6 is 11.8 Å². The van der Waals surface area contributed by atoms with Gasteiger partial charge in [0.05, 0.1) is 0 Å². The van der Waals surface area contributed by atoms with Crippen molar-refractivity contribution in [1.82, 2.24) is 5.32 Å². The molecule has 1 aromatic rings. The van der Waals surface area contributed by atoms with Gasteiger partial charge in [-0.1, -0.05) is 30.3 Å². The van der Waals surface area contributed by atoms with Crippen molar-refractivity contribution < 1.29 is 4.79 Å². The van der Waals surface area contributed by atoms with Gasteiger partial charge in [0, 0.05) is 19.0 Å². The van der Waals surface area contributed by atoms with E-state index in [9.17, 15) is 4.79 Å². The Bertz CT molecular complexity index is 390. The van der Waals surface area contributed by atoms with Crippen molar-refractivity contribution >= 4 is 17.7 Å². The van der Waals surface area contributed by atoms with Crippen molar-refractivity contribution in [3.63, 3.8) is 0 Å². The first-order chi connectivity index (χ1) is 9.25. The highest BCUT2D eigenvalue weighted by Crippen LogP contribution is 2.22. The van der Waals surface area contributed by atoms with Crippen LogP contribution in [0.2, 0.25) is 0 Å². The largest absolute Gasteiger partial charge is 0.356 e. The van der Waals surface area contributed by atoms with Crippen molar-refractivity contribution in [2.75, 3.05) is 18.1 Å². The molecule has 1 aliphatic rings. The smallest absolute Gasteiger partial charge is 0.220 e. The van der Waals surface area contributed by atoms with Crippen LogP contribution in [0.3, 0.4) is 0 Å². The lowest BCUT2D eigenvalue weighted by atomic mass is 10.0. The fraction of sp³-hybridized carbons (Fsp3) is 0.533. The van der Waals surface area contributed by atoms with E-state index < -0.39 is 0 Å². The van der Waals surface area contributed by atoms with E-state index in [4.69, 9.17) is 5.73 Å². The van der Waals surface area contributed by atoms with E-state index >= 15 is 0 Å². The molecule has 0 radical (unpaired) electrons. The van der Waals surface area contributed by atoms with Gasteiger partial charge in [-0.2, -0.15) is 11.8 Å². The van der Waals surface area contributed by atoms with E-state index in [1.54, 1.807) is 0 Å². The number of rotatable bonds is 6. The zero-order valence-corrected chi connectivity index (χ0v) is 12.0. The number of carbonyl (C=O) groups is 1. The molecule has 0 saturated carbocycles. The maximum absolute atomic E-state index is 11.8. The van der Waals surface area contributed by atoms with Crippen LogP contribution in [0.25, 0.3) is 0 Å². The van der Waals surface area contributed by atoms with Crippen LogP contribution in [0.1, 0.15) is 30.9 Å². The Morgan fingerprint density at radius 1 is 1.42 bits per heavy atom. The molecule has 1 amide bonds. The van der Waals surface area contributed by atoms with Crippen molar-refractivity contribution in [1.29, 1.82) is 0 Å². The molecule has 4 heteroatoms. The predicted molar refractivity (Wildman–Crippen MR) is 81.0 cm³/mol. The minimum Gasteiger partial charge on any atom is -0.356 e. The molecular formula is C15H22N2OS. The quantitative estimate of drug-likeness (QED) is 0.840. The van der Waals surface area contributed by atoms with E-state index in [-0.39, 0.29) is 11.9 Å². The zero-order chi connectivity index (χ0) is 13.5. The molecule has 2 unspecified atom stereocenters. The molecule has 1 heterocycles. The molecule has 0 aromatic heterocycles. The normalized spacial score (nSPS) is 20.2. The standard InChI is InChI=1S/C15H22N2OS/c16-14(13-4-2-1-3-5-13)6-7-15(18)17-10-12-8-9-19-11-12/h1-5,12,14H,6-11,16H2,(H,17,18). The Morgan fingerprint density at radius 3 is 2.89 bits per heavy atom. The third-order valence-electron chi connectivity index (χ3n) is 3.52. The van der Waals surface area contributed by atoms with E-state index in [1.165, 1.54) is 17.9 Å². The molecule has 104 valence electrons. The van der Waals surface area contributed by atoms with Crippen LogP contribution in [0.4, 0.5) is 0 Å². The first kappa shape index (κ1) is 14.4. The van der Waals surface area contributed by atoms with Crippen LogP contribution in [-0.2, 0) is 4.79 Å². The second-order valence-electron chi connectivity index (χ2n) is 5.09. The van der Waals surface area contributed by atoms with Crippen LogP contribution in [0.15, 0.2) is 30.3 Å². The lowest BCUT2D eigenvalue weighted by Gasteiger charge is -2.13. The Kier molecular flexibility index (Phi) is 5.73. The number of nitrogens with one attached hydrogen (secondary N) is 1. The average molecular weight is 278 g/mol. The molecule has 0 bridgehead atoms. The minimum atomic E-state index is -0.0472. The molecule has 1 aromatic carbocycles. The number of benzene rings is 1. The molecule has 1 fully saturated rings. The summed E-state index contributed by atoms with van der Waals surface area (Å²) in [4.78, 5) is 11.8. The molecule has 0 spiro atoms. The molecule has 1 saturated heterocycles. The molecule has 3 N–H and O–H groups in total. The molecule has 1 aliphatic heterocycles. The van der Waals surface area contributed by atoms with Gasteiger partial charge in [-0.25, -0.2) is 0 Å². The summed E-state index contributed by atoms with van der Waals surface area (Å²) in [6.45, 7) is 0.826. The first-order valence-corrected chi connectivity index (χ1v) is 8.06. The van der Waals surface area contributed by atoms with Crippen molar-refractivity contribution in [2.24, 2.45) is 11.7 Å². The number of carbonyl (C=O) groups excluding carboxylic acids is 1. The van der Waals surface area contributed by atoms with E-state index in [0.29, 0.717) is 18.8 Å². The van der Waals surface area contributed by atoms with Crippen LogP contribution in [0.5, 0.6) is 0 Å². The molecule has 3 nitrogen and oxygen atoms in total. The van der Waals surface area contributed by atoms with Crippen molar-refractivity contribution in [3.8, 4) is 0 Å². The van der Waals surface area contributed by atoms with Gasteiger partial charge in [0.25, 0.3) is 0 Å². The topological polar surface area (TPSA) is 55.1 Å². The summed E-state index contributed by atoms with van der Waals surface area (Å²) in [6, 6.07) is 9.91. The fourth-order valence-corrected chi connectivity index (χ4v) is 3.53. The third kappa shape index (κ3) is 4.88. The van der Waals surface area contributed by atoms with Crippen LogP contribution in [0, 0.1) is 5.92 Å². The number of amides is 1. The predicted octanol–water partition coefficient (Wildman–Crippen LogP) is 2.34. The fourth-order valence-electron chi connectivity index (χ4n) is 2.24. The molecule has 2 rings (SSSR count). The lowest BCUT2D eigenvalue weighted by molar-refractivity contribution is -0.121. The van der Waals surface area contributed by atoms with E-state index in [0.717, 1.165) is 12.1 Å². The summed E-state index contributed by atoms with van der Waals surface area (Å²) in [5.74, 6) is 3.21. The highest BCUT2D eigenvalue weighted by atomic mass is 32.2. The van der Waals surface area contributed by atoms with Gasteiger partial charge < -0.3 is 11.1 Å².